The van der Waals surface area contributed by atoms with E-state index >= 15 is 0 Å². The van der Waals surface area contributed by atoms with Crippen LogP contribution in [0.25, 0.3) is 0 Å². The Morgan fingerprint density at radius 2 is 1.67 bits per heavy atom. The highest BCUT2D eigenvalue weighted by atomic mass is 15.0. The summed E-state index contributed by atoms with van der Waals surface area (Å²) in [4.78, 5) is 0. The van der Waals surface area contributed by atoms with Gasteiger partial charge in [0.1, 0.15) is 0 Å². The Balaban J connectivity index is 1.94. The van der Waals surface area contributed by atoms with Gasteiger partial charge < -0.3 is 0 Å². The first kappa shape index (κ1) is 9.07. The maximum Gasteiger partial charge on any atom is -0.0145 e. The first-order valence-electron chi connectivity index (χ1n) is 6.90. The molecule has 15 heavy (non-hydrogen) atoms. The van der Waals surface area contributed by atoms with E-state index < -0.39 is 0 Å². The van der Waals surface area contributed by atoms with Crippen LogP contribution in [-0.4, -0.2) is 0 Å². The summed E-state index contributed by atoms with van der Waals surface area (Å²) in [6, 6.07) is 0. The highest BCUT2D eigenvalue weighted by Gasteiger charge is 2.93. The zero-order valence-electron chi connectivity index (χ0n) is 10.7. The third-order valence-electron chi connectivity index (χ3n) is 7.74. The van der Waals surface area contributed by atoms with Crippen LogP contribution in [0.2, 0.25) is 0 Å². The van der Waals surface area contributed by atoms with E-state index in [2.05, 4.69) is 27.7 Å². The Morgan fingerprint density at radius 1 is 0.933 bits per heavy atom. The molecule has 0 aliphatic heterocycles. The molecule has 5 aliphatic rings. The van der Waals surface area contributed by atoms with Crippen LogP contribution >= 0.6 is 0 Å². The zero-order chi connectivity index (χ0) is 10.7. The van der Waals surface area contributed by atoms with Gasteiger partial charge in [0.25, 0.3) is 0 Å². The van der Waals surface area contributed by atoms with Crippen molar-refractivity contribution in [3.63, 3.8) is 0 Å². The minimum Gasteiger partial charge on any atom is -0.0593 e. The Hall–Kier alpha value is 0. The smallest absolute Gasteiger partial charge is 0.0145 e. The Morgan fingerprint density at radius 3 is 2.27 bits per heavy atom. The quantitative estimate of drug-likeness (QED) is 0.553. The van der Waals surface area contributed by atoms with Gasteiger partial charge in [-0.15, -0.1) is 0 Å². The van der Waals surface area contributed by atoms with Crippen LogP contribution in [-0.2, 0) is 0 Å². The molecule has 0 N–H and O–H groups in total. The van der Waals surface area contributed by atoms with E-state index in [-0.39, 0.29) is 0 Å². The lowest BCUT2D eigenvalue weighted by Crippen LogP contribution is -2.36. The fraction of sp³-hybridized carbons (Fsp3) is 1.00. The lowest BCUT2D eigenvalue weighted by atomic mass is 9.61. The van der Waals surface area contributed by atoms with Gasteiger partial charge in [-0.3, -0.25) is 0 Å². The standard InChI is InChI=1S/C15H24/c1-12(2)6-5-7-14-11-8-10(13(14,3)4)9-15(11,12)14/h10-11H,5-9H2,1-4H3/t10?,11-,14-,15-/m0/s1. The average molecular weight is 204 g/mol. The summed E-state index contributed by atoms with van der Waals surface area (Å²) in [5.41, 5.74) is 2.92. The molecule has 1 unspecified atom stereocenters. The van der Waals surface area contributed by atoms with Crippen LogP contribution in [0.1, 0.15) is 59.8 Å². The van der Waals surface area contributed by atoms with Gasteiger partial charge in [-0.25, -0.2) is 0 Å². The summed E-state index contributed by atoms with van der Waals surface area (Å²) < 4.78 is 0. The maximum absolute atomic E-state index is 2.59. The minimum atomic E-state index is 0.651. The third-order valence-corrected chi connectivity index (χ3v) is 7.74. The second-order valence-electron chi connectivity index (χ2n) is 8.09. The van der Waals surface area contributed by atoms with E-state index in [4.69, 9.17) is 0 Å². The van der Waals surface area contributed by atoms with Gasteiger partial charge >= 0.3 is 0 Å². The van der Waals surface area contributed by atoms with Crippen LogP contribution in [0.3, 0.4) is 0 Å². The van der Waals surface area contributed by atoms with Crippen molar-refractivity contribution < 1.29 is 0 Å². The average Bonchev–Trinajstić information content (AvgIpc) is 2.40. The van der Waals surface area contributed by atoms with E-state index in [1.807, 2.05) is 0 Å². The predicted molar refractivity (Wildman–Crippen MR) is 62.5 cm³/mol. The summed E-state index contributed by atoms with van der Waals surface area (Å²) in [6.07, 6.45) is 7.72. The molecule has 2 spiro atoms. The van der Waals surface area contributed by atoms with Gasteiger partial charge in [0, 0.05) is 0 Å². The summed E-state index contributed by atoms with van der Waals surface area (Å²) in [7, 11) is 0. The first-order valence-corrected chi connectivity index (χ1v) is 6.90. The molecular weight excluding hydrogens is 180 g/mol. The van der Waals surface area contributed by atoms with Crippen molar-refractivity contribution in [3.05, 3.63) is 0 Å². The highest BCUT2D eigenvalue weighted by molar-refractivity contribution is 5.40. The van der Waals surface area contributed by atoms with Gasteiger partial charge in [-0.1, -0.05) is 34.1 Å². The van der Waals surface area contributed by atoms with Crippen LogP contribution in [0, 0.1) is 33.5 Å². The van der Waals surface area contributed by atoms with Crippen LogP contribution in [0.5, 0.6) is 0 Å². The summed E-state index contributed by atoms with van der Waals surface area (Å²) in [5.74, 6) is 2.20. The minimum absolute atomic E-state index is 0.651. The van der Waals surface area contributed by atoms with Crippen molar-refractivity contribution in [2.24, 2.45) is 33.5 Å². The molecule has 0 aromatic carbocycles. The third kappa shape index (κ3) is 0.560. The maximum atomic E-state index is 2.59. The largest absolute Gasteiger partial charge is 0.0593 e. The van der Waals surface area contributed by atoms with E-state index in [9.17, 15) is 0 Å². The van der Waals surface area contributed by atoms with E-state index in [1.165, 1.54) is 12.8 Å². The molecule has 0 heteroatoms. The number of rotatable bonds is 0. The van der Waals surface area contributed by atoms with Gasteiger partial charge in [0.2, 0.25) is 0 Å². The lowest BCUT2D eigenvalue weighted by molar-refractivity contribution is 0.0518. The second-order valence-corrected chi connectivity index (χ2v) is 8.09. The zero-order valence-corrected chi connectivity index (χ0v) is 10.7. The van der Waals surface area contributed by atoms with Crippen LogP contribution in [0.4, 0.5) is 0 Å². The SMILES string of the molecule is CC1(C)CCC[C@@]23[C@@H]4CC(C[C@]412)C3(C)C. The monoisotopic (exact) mass is 204 g/mol. The molecule has 5 aliphatic carbocycles. The summed E-state index contributed by atoms with van der Waals surface area (Å²) in [6.45, 7) is 10.3. The Labute approximate surface area is 93.8 Å². The Kier molecular flexibility index (Phi) is 1.17. The van der Waals surface area contributed by atoms with Crippen LogP contribution in [0.15, 0.2) is 0 Å². The molecule has 0 radical (unpaired) electrons. The molecule has 0 saturated heterocycles. The van der Waals surface area contributed by atoms with Gasteiger partial charge in [0.15, 0.2) is 0 Å². The molecule has 0 aromatic heterocycles. The van der Waals surface area contributed by atoms with Crippen molar-refractivity contribution in [2.45, 2.75) is 59.8 Å². The molecular formula is C15H24. The molecule has 4 atom stereocenters. The summed E-state index contributed by atoms with van der Waals surface area (Å²) in [5, 5.41) is 0. The molecule has 84 valence electrons. The van der Waals surface area contributed by atoms with Crippen molar-refractivity contribution in [2.75, 3.05) is 0 Å². The molecule has 0 aromatic rings. The van der Waals surface area contributed by atoms with Gasteiger partial charge in [-0.2, -0.15) is 0 Å². The van der Waals surface area contributed by atoms with E-state index in [1.54, 1.807) is 19.3 Å². The van der Waals surface area contributed by atoms with Crippen LogP contribution < -0.4 is 0 Å². The molecule has 5 rings (SSSR count). The number of hydrogen-bond acceptors (Lipinski definition) is 0. The van der Waals surface area contributed by atoms with Gasteiger partial charge in [0.05, 0.1) is 0 Å². The predicted octanol–water partition coefficient (Wildman–Crippen LogP) is 4.25. The topological polar surface area (TPSA) is 0 Å². The molecule has 0 heterocycles. The first-order chi connectivity index (χ1) is 6.90. The van der Waals surface area contributed by atoms with E-state index in [0.717, 1.165) is 22.7 Å². The van der Waals surface area contributed by atoms with Crippen molar-refractivity contribution in [3.8, 4) is 0 Å². The molecule has 5 saturated carbocycles. The summed E-state index contributed by atoms with van der Waals surface area (Å²) >= 11 is 0. The second kappa shape index (κ2) is 1.93. The van der Waals surface area contributed by atoms with E-state index in [0.29, 0.717) is 10.8 Å². The molecule has 0 nitrogen and oxygen atoms in total. The number of hydrogen-bond donors (Lipinski definition) is 0. The van der Waals surface area contributed by atoms with Crippen molar-refractivity contribution >= 4 is 0 Å². The lowest BCUT2D eigenvalue weighted by Gasteiger charge is -2.43. The van der Waals surface area contributed by atoms with Crippen molar-refractivity contribution in [1.29, 1.82) is 0 Å². The highest BCUT2D eigenvalue weighted by Crippen LogP contribution is 2.99. The fourth-order valence-electron chi connectivity index (χ4n) is 7.21. The fourth-order valence-corrected chi connectivity index (χ4v) is 7.21. The molecule has 5 fully saturated rings. The molecule has 0 amide bonds. The molecule has 4 bridgehead atoms. The Bertz CT molecular complexity index is 347. The van der Waals surface area contributed by atoms with Gasteiger partial charge in [-0.05, 0) is 59.2 Å². The van der Waals surface area contributed by atoms with Crippen molar-refractivity contribution in [1.82, 2.24) is 0 Å². The normalized spacial score (nSPS) is 61.6.